The van der Waals surface area contributed by atoms with Gasteiger partial charge < -0.3 is 10.8 Å². The molecule has 3 heteroatoms. The van der Waals surface area contributed by atoms with Crippen LogP contribution in [0.3, 0.4) is 0 Å². The van der Waals surface area contributed by atoms with E-state index in [0.29, 0.717) is 0 Å². The Morgan fingerprint density at radius 2 is 2.44 bits per heavy atom. The predicted octanol–water partition coefficient (Wildman–Crippen LogP) is 0.448. The minimum absolute atomic E-state index is 0. The van der Waals surface area contributed by atoms with Gasteiger partial charge >= 0.3 is 0 Å². The summed E-state index contributed by atoms with van der Waals surface area (Å²) < 4.78 is 0. The first-order chi connectivity index (χ1) is 3.83. The minimum Gasteiger partial charge on any atom is -0.392 e. The van der Waals surface area contributed by atoms with Gasteiger partial charge in [0.05, 0.1) is 6.61 Å². The summed E-state index contributed by atoms with van der Waals surface area (Å²) in [7, 11) is 0. The van der Waals surface area contributed by atoms with Crippen LogP contribution in [0.4, 0.5) is 0 Å². The van der Waals surface area contributed by atoms with E-state index < -0.39 is 0 Å². The molecule has 0 fully saturated rings. The third-order valence-electron chi connectivity index (χ3n) is 1.44. The van der Waals surface area contributed by atoms with Crippen LogP contribution in [-0.4, -0.2) is 17.8 Å². The van der Waals surface area contributed by atoms with Gasteiger partial charge in [-0.1, -0.05) is 6.08 Å². The quantitative estimate of drug-likeness (QED) is 0.532. The molecule has 1 rings (SSSR count). The van der Waals surface area contributed by atoms with Crippen LogP contribution in [0.1, 0.15) is 12.8 Å². The monoisotopic (exact) mass is 149 g/mol. The maximum absolute atomic E-state index is 8.56. The maximum atomic E-state index is 8.56. The maximum Gasteiger partial charge on any atom is 0.0642 e. The normalized spacial score (nSPS) is 25.1. The van der Waals surface area contributed by atoms with E-state index in [9.17, 15) is 0 Å². The zero-order valence-electron chi connectivity index (χ0n) is 5.21. The molecule has 0 unspecified atom stereocenters. The number of aliphatic hydroxyl groups excluding tert-OH is 1. The molecule has 9 heavy (non-hydrogen) atoms. The summed E-state index contributed by atoms with van der Waals surface area (Å²) in [4.78, 5) is 0. The van der Waals surface area contributed by atoms with Crippen molar-refractivity contribution in [1.82, 2.24) is 0 Å². The Bertz CT molecular complexity index is 114. The SMILES string of the molecule is Cl.N[C@H]1CC=C(CO)C1. The molecule has 0 bridgehead atoms. The number of rotatable bonds is 1. The fourth-order valence-electron chi connectivity index (χ4n) is 0.951. The van der Waals surface area contributed by atoms with Crippen molar-refractivity contribution >= 4 is 12.4 Å². The smallest absolute Gasteiger partial charge is 0.0642 e. The van der Waals surface area contributed by atoms with E-state index in [-0.39, 0.29) is 25.1 Å². The number of nitrogens with two attached hydrogens (primary N) is 1. The lowest BCUT2D eigenvalue weighted by Gasteiger charge is -1.98. The number of aliphatic hydroxyl groups is 1. The zero-order chi connectivity index (χ0) is 5.98. The predicted molar refractivity (Wildman–Crippen MR) is 39.6 cm³/mol. The van der Waals surface area contributed by atoms with E-state index in [4.69, 9.17) is 10.8 Å². The molecular weight excluding hydrogens is 138 g/mol. The number of halogens is 1. The van der Waals surface area contributed by atoms with Gasteiger partial charge in [-0.25, -0.2) is 0 Å². The molecule has 1 aliphatic rings. The van der Waals surface area contributed by atoms with E-state index in [1.807, 2.05) is 6.08 Å². The average molecular weight is 150 g/mol. The molecule has 0 aromatic carbocycles. The molecule has 3 N–H and O–H groups in total. The summed E-state index contributed by atoms with van der Waals surface area (Å²) >= 11 is 0. The highest BCUT2D eigenvalue weighted by Gasteiger charge is 2.10. The lowest BCUT2D eigenvalue weighted by Crippen LogP contribution is -2.15. The lowest BCUT2D eigenvalue weighted by atomic mass is 10.2. The fraction of sp³-hybridized carbons (Fsp3) is 0.667. The van der Waals surface area contributed by atoms with Gasteiger partial charge in [-0.2, -0.15) is 0 Å². The summed E-state index contributed by atoms with van der Waals surface area (Å²) in [5.74, 6) is 0. The van der Waals surface area contributed by atoms with Crippen LogP contribution < -0.4 is 5.73 Å². The van der Waals surface area contributed by atoms with Crippen LogP contribution in [0.2, 0.25) is 0 Å². The van der Waals surface area contributed by atoms with Gasteiger partial charge in [0, 0.05) is 6.04 Å². The van der Waals surface area contributed by atoms with Crippen molar-refractivity contribution in [2.24, 2.45) is 5.73 Å². The van der Waals surface area contributed by atoms with Gasteiger partial charge in [0.25, 0.3) is 0 Å². The van der Waals surface area contributed by atoms with Gasteiger partial charge in [0.1, 0.15) is 0 Å². The minimum atomic E-state index is 0. The van der Waals surface area contributed by atoms with Gasteiger partial charge in [-0.05, 0) is 18.4 Å². The Morgan fingerprint density at radius 1 is 1.78 bits per heavy atom. The third-order valence-corrected chi connectivity index (χ3v) is 1.44. The highest BCUT2D eigenvalue weighted by Crippen LogP contribution is 2.15. The molecule has 1 atom stereocenters. The van der Waals surface area contributed by atoms with Crippen LogP contribution >= 0.6 is 12.4 Å². The average Bonchev–Trinajstić information content (AvgIpc) is 2.14. The Morgan fingerprint density at radius 3 is 2.67 bits per heavy atom. The van der Waals surface area contributed by atoms with Crippen molar-refractivity contribution in [3.8, 4) is 0 Å². The molecule has 0 spiro atoms. The van der Waals surface area contributed by atoms with Crippen LogP contribution in [0.15, 0.2) is 11.6 Å². The molecule has 0 saturated heterocycles. The summed E-state index contributed by atoms with van der Waals surface area (Å²) in [5.41, 5.74) is 6.63. The second-order valence-corrected chi connectivity index (χ2v) is 2.22. The fourth-order valence-corrected chi connectivity index (χ4v) is 0.951. The van der Waals surface area contributed by atoms with E-state index in [2.05, 4.69) is 0 Å². The summed E-state index contributed by atoms with van der Waals surface area (Å²) in [6.07, 6.45) is 3.84. The Labute approximate surface area is 61.2 Å². The van der Waals surface area contributed by atoms with E-state index in [0.717, 1.165) is 18.4 Å². The van der Waals surface area contributed by atoms with Crippen molar-refractivity contribution in [3.05, 3.63) is 11.6 Å². The molecule has 0 amide bonds. The van der Waals surface area contributed by atoms with Gasteiger partial charge in [0.2, 0.25) is 0 Å². The van der Waals surface area contributed by atoms with E-state index in [1.165, 1.54) is 0 Å². The van der Waals surface area contributed by atoms with Crippen molar-refractivity contribution in [1.29, 1.82) is 0 Å². The van der Waals surface area contributed by atoms with Crippen molar-refractivity contribution in [3.63, 3.8) is 0 Å². The van der Waals surface area contributed by atoms with Gasteiger partial charge in [-0.15, -0.1) is 12.4 Å². The Kier molecular flexibility index (Phi) is 3.86. The lowest BCUT2D eigenvalue weighted by molar-refractivity contribution is 0.327. The Balaban J connectivity index is 0.000000640. The molecule has 54 valence electrons. The zero-order valence-corrected chi connectivity index (χ0v) is 6.03. The van der Waals surface area contributed by atoms with Gasteiger partial charge in [0.15, 0.2) is 0 Å². The third kappa shape index (κ3) is 2.35. The molecule has 0 radical (unpaired) electrons. The van der Waals surface area contributed by atoms with Crippen molar-refractivity contribution in [2.75, 3.05) is 6.61 Å². The summed E-state index contributed by atoms with van der Waals surface area (Å²) in [5, 5.41) is 8.56. The van der Waals surface area contributed by atoms with E-state index in [1.54, 1.807) is 0 Å². The van der Waals surface area contributed by atoms with Crippen molar-refractivity contribution in [2.45, 2.75) is 18.9 Å². The molecule has 2 nitrogen and oxygen atoms in total. The largest absolute Gasteiger partial charge is 0.392 e. The van der Waals surface area contributed by atoms with Crippen LogP contribution in [0.25, 0.3) is 0 Å². The summed E-state index contributed by atoms with van der Waals surface area (Å²) in [6, 6.07) is 0.275. The van der Waals surface area contributed by atoms with Crippen LogP contribution in [0.5, 0.6) is 0 Å². The second-order valence-electron chi connectivity index (χ2n) is 2.22. The molecule has 0 saturated carbocycles. The highest BCUT2D eigenvalue weighted by molar-refractivity contribution is 5.85. The topological polar surface area (TPSA) is 46.2 Å². The van der Waals surface area contributed by atoms with Crippen LogP contribution in [-0.2, 0) is 0 Å². The summed E-state index contributed by atoms with van der Waals surface area (Å²) in [6.45, 7) is 0.188. The van der Waals surface area contributed by atoms with Crippen molar-refractivity contribution < 1.29 is 5.11 Å². The molecule has 0 aromatic rings. The van der Waals surface area contributed by atoms with Gasteiger partial charge in [-0.3, -0.25) is 0 Å². The first kappa shape index (κ1) is 8.95. The van der Waals surface area contributed by atoms with E-state index >= 15 is 0 Å². The molecule has 0 aliphatic heterocycles. The molecular formula is C6H12ClNO. The molecule has 1 aliphatic carbocycles. The Hall–Kier alpha value is -0.0500. The standard InChI is InChI=1S/C6H11NO.ClH/c7-6-2-1-5(3-6)4-8;/h1,6,8H,2-4,7H2;1H/t6-;/m0./s1. The number of hydrogen-bond donors (Lipinski definition) is 2. The number of hydrogen-bond acceptors (Lipinski definition) is 2. The first-order valence-electron chi connectivity index (χ1n) is 2.87. The first-order valence-corrected chi connectivity index (χ1v) is 2.87. The highest BCUT2D eigenvalue weighted by atomic mass is 35.5. The van der Waals surface area contributed by atoms with Crippen LogP contribution in [0, 0.1) is 0 Å². The second kappa shape index (κ2) is 3.88. The molecule has 0 heterocycles. The molecule has 0 aromatic heterocycles.